The van der Waals surface area contributed by atoms with Crippen molar-refractivity contribution in [3.8, 4) is 0 Å². The molecule has 5 nitrogen and oxygen atoms in total. The third kappa shape index (κ3) is 8.75. The third-order valence-corrected chi connectivity index (χ3v) is 3.59. The van der Waals surface area contributed by atoms with Gasteiger partial charge in [0.1, 0.15) is 0 Å². The van der Waals surface area contributed by atoms with Crippen molar-refractivity contribution in [1.82, 2.24) is 0 Å². The normalized spacial score (nSPS) is 13.9. The third-order valence-electron chi connectivity index (χ3n) is 2.09. The van der Waals surface area contributed by atoms with E-state index in [1.54, 1.807) is 6.92 Å². The van der Waals surface area contributed by atoms with Gasteiger partial charge in [0.15, 0.2) is 6.29 Å². The largest absolute Gasteiger partial charge is 0.477 e. The Morgan fingerprint density at radius 2 is 1.53 bits per heavy atom. The second-order valence-corrected chi connectivity index (χ2v) is 5.41. The molecule has 0 aliphatic heterocycles. The first-order valence-corrected chi connectivity index (χ1v) is 7.79. The average molecular weight is 268 g/mol. The molecule has 6 heteroatoms. The summed E-state index contributed by atoms with van der Waals surface area (Å²) in [4.78, 5) is 0. The minimum Gasteiger partial charge on any atom is -0.367 e. The maximum absolute atomic E-state index is 12.1. The number of hydrogen-bond donors (Lipinski definition) is 1. The SMILES string of the molecule is CCCCOP(=O)(OCCCC)OC(O)CC. The van der Waals surface area contributed by atoms with E-state index in [0.29, 0.717) is 19.6 Å². The second kappa shape index (κ2) is 10.0. The first-order chi connectivity index (χ1) is 8.08. The molecule has 0 amide bonds. The van der Waals surface area contributed by atoms with Crippen molar-refractivity contribution in [1.29, 1.82) is 0 Å². The van der Waals surface area contributed by atoms with Crippen molar-refractivity contribution in [2.75, 3.05) is 13.2 Å². The predicted molar refractivity (Wildman–Crippen MR) is 66.7 cm³/mol. The van der Waals surface area contributed by atoms with E-state index in [4.69, 9.17) is 13.6 Å². The van der Waals surface area contributed by atoms with Crippen molar-refractivity contribution in [3.05, 3.63) is 0 Å². The van der Waals surface area contributed by atoms with Gasteiger partial charge in [-0.1, -0.05) is 33.6 Å². The molecule has 1 atom stereocenters. The van der Waals surface area contributed by atoms with Crippen LogP contribution in [0.15, 0.2) is 0 Å². The molecule has 0 aliphatic carbocycles. The molecule has 0 heterocycles. The van der Waals surface area contributed by atoms with Crippen LogP contribution in [-0.2, 0) is 18.1 Å². The predicted octanol–water partition coefficient (Wildman–Crippen LogP) is 3.47. The molecule has 0 rings (SSSR count). The van der Waals surface area contributed by atoms with Gasteiger partial charge in [0.05, 0.1) is 13.2 Å². The zero-order valence-electron chi connectivity index (χ0n) is 11.1. The average Bonchev–Trinajstić information content (AvgIpc) is 2.29. The highest BCUT2D eigenvalue weighted by atomic mass is 31.2. The van der Waals surface area contributed by atoms with Gasteiger partial charge in [0.25, 0.3) is 0 Å². The van der Waals surface area contributed by atoms with Crippen LogP contribution in [-0.4, -0.2) is 24.6 Å². The van der Waals surface area contributed by atoms with Crippen LogP contribution in [0.2, 0.25) is 0 Å². The van der Waals surface area contributed by atoms with Gasteiger partial charge < -0.3 is 5.11 Å². The quantitative estimate of drug-likeness (QED) is 0.353. The Labute approximate surface area is 104 Å². The zero-order chi connectivity index (χ0) is 13.1. The van der Waals surface area contributed by atoms with Crippen molar-refractivity contribution < 1.29 is 23.2 Å². The maximum atomic E-state index is 12.1. The molecule has 0 spiro atoms. The van der Waals surface area contributed by atoms with E-state index in [0.717, 1.165) is 25.7 Å². The Morgan fingerprint density at radius 1 is 1.06 bits per heavy atom. The Hall–Kier alpha value is 0.0700. The molecule has 104 valence electrons. The summed E-state index contributed by atoms with van der Waals surface area (Å²) < 4.78 is 27.3. The van der Waals surface area contributed by atoms with E-state index < -0.39 is 14.1 Å². The molecule has 0 saturated heterocycles. The fourth-order valence-electron chi connectivity index (χ4n) is 0.963. The molecule has 1 N–H and O–H groups in total. The lowest BCUT2D eigenvalue weighted by molar-refractivity contribution is -0.0501. The highest BCUT2D eigenvalue weighted by molar-refractivity contribution is 7.48. The molecule has 0 saturated carbocycles. The van der Waals surface area contributed by atoms with Crippen molar-refractivity contribution in [3.63, 3.8) is 0 Å². The summed E-state index contributed by atoms with van der Waals surface area (Å²) in [5, 5.41) is 9.35. The van der Waals surface area contributed by atoms with Crippen LogP contribution in [0.25, 0.3) is 0 Å². The lowest BCUT2D eigenvalue weighted by Gasteiger charge is -2.20. The highest BCUT2D eigenvalue weighted by Crippen LogP contribution is 2.50. The highest BCUT2D eigenvalue weighted by Gasteiger charge is 2.29. The summed E-state index contributed by atoms with van der Waals surface area (Å²) in [5.74, 6) is 0. The van der Waals surface area contributed by atoms with Crippen LogP contribution >= 0.6 is 7.82 Å². The van der Waals surface area contributed by atoms with Crippen LogP contribution in [0.5, 0.6) is 0 Å². The van der Waals surface area contributed by atoms with E-state index in [-0.39, 0.29) is 0 Å². The van der Waals surface area contributed by atoms with E-state index in [9.17, 15) is 9.67 Å². The van der Waals surface area contributed by atoms with E-state index in [1.807, 2.05) is 13.8 Å². The molecule has 1 unspecified atom stereocenters. The molecular formula is C11H25O5P. The lowest BCUT2D eigenvalue weighted by Crippen LogP contribution is -2.12. The lowest BCUT2D eigenvalue weighted by atomic mass is 10.4. The van der Waals surface area contributed by atoms with Crippen LogP contribution in [0.4, 0.5) is 0 Å². The molecule has 0 radical (unpaired) electrons. The molecule has 0 aromatic heterocycles. The molecule has 0 bridgehead atoms. The van der Waals surface area contributed by atoms with Gasteiger partial charge in [0, 0.05) is 0 Å². The molecule has 0 aromatic rings. The first-order valence-electron chi connectivity index (χ1n) is 6.33. The molecule has 17 heavy (non-hydrogen) atoms. The summed E-state index contributed by atoms with van der Waals surface area (Å²) in [6.45, 7) is 6.38. The van der Waals surface area contributed by atoms with E-state index in [2.05, 4.69) is 0 Å². The van der Waals surface area contributed by atoms with Gasteiger partial charge in [-0.15, -0.1) is 0 Å². The number of phosphoric ester groups is 1. The van der Waals surface area contributed by atoms with Gasteiger partial charge in [-0.25, -0.2) is 4.57 Å². The van der Waals surface area contributed by atoms with E-state index in [1.165, 1.54) is 0 Å². The Bertz CT molecular complexity index is 208. The van der Waals surface area contributed by atoms with Gasteiger partial charge in [-0.2, -0.15) is 0 Å². The Balaban J connectivity index is 4.19. The number of unbranched alkanes of at least 4 members (excludes halogenated alkanes) is 2. The second-order valence-electron chi connectivity index (χ2n) is 3.79. The minimum absolute atomic E-state index is 0.316. The molecule has 0 aromatic carbocycles. The molecule has 0 fully saturated rings. The zero-order valence-corrected chi connectivity index (χ0v) is 11.9. The number of aliphatic hydroxyl groups excluding tert-OH is 1. The van der Waals surface area contributed by atoms with Crippen LogP contribution in [0.1, 0.15) is 52.9 Å². The Kier molecular flexibility index (Phi) is 10.1. The molecular weight excluding hydrogens is 243 g/mol. The van der Waals surface area contributed by atoms with Gasteiger partial charge in [-0.05, 0) is 19.3 Å². The summed E-state index contributed by atoms with van der Waals surface area (Å²) in [5.41, 5.74) is 0. The van der Waals surface area contributed by atoms with Crippen LogP contribution in [0, 0.1) is 0 Å². The topological polar surface area (TPSA) is 65.0 Å². The van der Waals surface area contributed by atoms with Crippen LogP contribution in [0.3, 0.4) is 0 Å². The fraction of sp³-hybridized carbons (Fsp3) is 1.00. The monoisotopic (exact) mass is 268 g/mol. The Morgan fingerprint density at radius 3 is 1.88 bits per heavy atom. The summed E-state index contributed by atoms with van der Waals surface area (Å²) >= 11 is 0. The smallest absolute Gasteiger partial charge is 0.367 e. The summed E-state index contributed by atoms with van der Waals surface area (Å²) in [6, 6.07) is 0. The standard InChI is InChI=1S/C11H25O5P/c1-4-7-9-14-17(13,15-10-8-5-2)16-11(12)6-3/h11-12H,4-10H2,1-3H3. The van der Waals surface area contributed by atoms with Crippen molar-refractivity contribution in [2.24, 2.45) is 0 Å². The number of aliphatic hydroxyl groups is 1. The van der Waals surface area contributed by atoms with Crippen LogP contribution < -0.4 is 0 Å². The minimum atomic E-state index is -3.60. The number of rotatable bonds is 11. The maximum Gasteiger partial charge on any atom is 0.477 e. The fourth-order valence-corrected chi connectivity index (χ4v) is 2.31. The van der Waals surface area contributed by atoms with Crippen molar-refractivity contribution >= 4 is 7.82 Å². The number of phosphoric acid groups is 1. The molecule has 0 aliphatic rings. The first kappa shape index (κ1) is 17.1. The van der Waals surface area contributed by atoms with Gasteiger partial charge in [-0.3, -0.25) is 13.6 Å². The van der Waals surface area contributed by atoms with Crippen molar-refractivity contribution in [2.45, 2.75) is 59.2 Å². The number of hydrogen-bond acceptors (Lipinski definition) is 5. The van der Waals surface area contributed by atoms with Gasteiger partial charge >= 0.3 is 7.82 Å². The summed E-state index contributed by atoms with van der Waals surface area (Å²) in [7, 11) is -3.60. The van der Waals surface area contributed by atoms with Gasteiger partial charge in [0.2, 0.25) is 0 Å². The van der Waals surface area contributed by atoms with E-state index >= 15 is 0 Å². The summed E-state index contributed by atoms with van der Waals surface area (Å²) in [6.07, 6.45) is 2.68.